The lowest BCUT2D eigenvalue weighted by Gasteiger charge is -2.36. The summed E-state index contributed by atoms with van der Waals surface area (Å²) in [6.45, 7) is 4.39. The molecule has 2 heterocycles. The summed E-state index contributed by atoms with van der Waals surface area (Å²) < 4.78 is 0. The number of carbonyl (C=O) groups excluding carboxylic acids is 2. The Kier molecular flexibility index (Phi) is 6.37. The first-order chi connectivity index (χ1) is 16.6. The number of urea groups is 1. The molecule has 0 aromatic heterocycles. The quantitative estimate of drug-likeness (QED) is 0.550. The molecule has 0 bridgehead atoms. The predicted molar refractivity (Wildman–Crippen MR) is 132 cm³/mol. The van der Waals surface area contributed by atoms with Crippen LogP contribution in [-0.2, 0) is 16.9 Å². The van der Waals surface area contributed by atoms with E-state index < -0.39 is 5.54 Å². The smallest absolute Gasteiger partial charge is 0.315 e. The Labute approximate surface area is 204 Å². The summed E-state index contributed by atoms with van der Waals surface area (Å²) >= 11 is 6.12. The molecule has 0 radical (unpaired) electrons. The lowest BCUT2D eigenvalue weighted by Crippen LogP contribution is -2.51. The maximum absolute atomic E-state index is 13.8. The van der Waals surface area contributed by atoms with Crippen LogP contribution < -0.4 is 5.32 Å². The number of nitrogens with one attached hydrogen (secondary N) is 1. The van der Waals surface area contributed by atoms with Crippen LogP contribution in [0.25, 0.3) is 0 Å². The minimum atomic E-state index is -1.21. The van der Waals surface area contributed by atoms with Crippen molar-refractivity contribution in [2.75, 3.05) is 32.8 Å². The number of rotatable bonds is 6. The molecule has 0 unspecified atom stereocenters. The lowest BCUT2D eigenvalue weighted by molar-refractivity contribution is -0.132. The molecule has 0 aliphatic carbocycles. The molecule has 2 fully saturated rings. The first kappa shape index (κ1) is 22.6. The molecule has 34 heavy (non-hydrogen) atoms. The van der Waals surface area contributed by atoms with Crippen molar-refractivity contribution in [3.63, 3.8) is 0 Å². The maximum Gasteiger partial charge on any atom is 0.326 e. The second kappa shape index (κ2) is 9.58. The number of amides is 3. The van der Waals surface area contributed by atoms with Gasteiger partial charge in [0.05, 0.1) is 6.67 Å². The number of halogens is 1. The van der Waals surface area contributed by atoms with Crippen LogP contribution in [0.1, 0.15) is 16.7 Å². The van der Waals surface area contributed by atoms with Crippen LogP contribution in [0.15, 0.2) is 84.9 Å². The number of imide groups is 1. The highest BCUT2D eigenvalue weighted by molar-refractivity contribution is 6.30. The molecule has 0 saturated carbocycles. The first-order valence-electron chi connectivity index (χ1n) is 11.5. The Morgan fingerprint density at radius 3 is 1.94 bits per heavy atom. The number of nitrogens with zero attached hydrogens (tertiary/aromatic N) is 3. The van der Waals surface area contributed by atoms with Gasteiger partial charge in [0.15, 0.2) is 5.54 Å². The molecule has 2 aliphatic rings. The minimum absolute atomic E-state index is 0.240. The van der Waals surface area contributed by atoms with E-state index in [0.717, 1.165) is 48.9 Å². The SMILES string of the molecule is O=C1NC(c2ccccc2)(c2ccccc2)C(=O)N1CN1CCN(Cc2cccc(Cl)c2)CC1. The minimum Gasteiger partial charge on any atom is -0.315 e. The van der Waals surface area contributed by atoms with Crippen LogP contribution in [0.3, 0.4) is 0 Å². The Hall–Kier alpha value is -3.19. The molecule has 3 amide bonds. The fourth-order valence-corrected chi connectivity index (χ4v) is 5.03. The van der Waals surface area contributed by atoms with Gasteiger partial charge in [-0.15, -0.1) is 0 Å². The predicted octanol–water partition coefficient (Wildman–Crippen LogP) is 3.91. The van der Waals surface area contributed by atoms with Crippen LogP contribution in [-0.4, -0.2) is 59.5 Å². The number of hydrogen-bond donors (Lipinski definition) is 1. The number of piperazine rings is 1. The van der Waals surface area contributed by atoms with Gasteiger partial charge < -0.3 is 5.32 Å². The Bertz CT molecular complexity index is 1120. The molecule has 174 valence electrons. The third kappa shape index (κ3) is 4.32. The van der Waals surface area contributed by atoms with Gasteiger partial charge in [0.1, 0.15) is 0 Å². The normalized spacial score (nSPS) is 18.8. The van der Waals surface area contributed by atoms with Crippen molar-refractivity contribution >= 4 is 23.5 Å². The third-order valence-electron chi connectivity index (χ3n) is 6.62. The van der Waals surface area contributed by atoms with Gasteiger partial charge in [-0.3, -0.25) is 14.6 Å². The highest BCUT2D eigenvalue weighted by atomic mass is 35.5. The van der Waals surface area contributed by atoms with Crippen molar-refractivity contribution in [1.29, 1.82) is 0 Å². The number of carbonyl (C=O) groups is 2. The van der Waals surface area contributed by atoms with Crippen LogP contribution in [0.5, 0.6) is 0 Å². The summed E-state index contributed by atoms with van der Waals surface area (Å²) in [6.07, 6.45) is 0. The Morgan fingerprint density at radius 2 is 1.35 bits per heavy atom. The first-order valence-corrected chi connectivity index (χ1v) is 11.9. The molecular weight excluding hydrogens is 448 g/mol. The van der Waals surface area contributed by atoms with E-state index in [-0.39, 0.29) is 18.6 Å². The van der Waals surface area contributed by atoms with E-state index in [0.29, 0.717) is 0 Å². The Balaban J connectivity index is 1.30. The van der Waals surface area contributed by atoms with Crippen LogP contribution in [0.4, 0.5) is 4.79 Å². The van der Waals surface area contributed by atoms with Crippen LogP contribution >= 0.6 is 11.6 Å². The van der Waals surface area contributed by atoms with Crippen molar-refractivity contribution in [1.82, 2.24) is 20.0 Å². The zero-order valence-corrected chi connectivity index (χ0v) is 19.6. The molecule has 6 nitrogen and oxygen atoms in total. The van der Waals surface area contributed by atoms with Gasteiger partial charge in [0.25, 0.3) is 5.91 Å². The highest BCUT2D eigenvalue weighted by Gasteiger charge is 2.53. The van der Waals surface area contributed by atoms with E-state index >= 15 is 0 Å². The fourth-order valence-electron chi connectivity index (χ4n) is 4.82. The average Bonchev–Trinajstić information content (AvgIpc) is 3.12. The summed E-state index contributed by atoms with van der Waals surface area (Å²) in [5.74, 6) is -0.240. The van der Waals surface area contributed by atoms with Crippen molar-refractivity contribution in [2.45, 2.75) is 12.1 Å². The second-order valence-electron chi connectivity index (χ2n) is 8.81. The molecule has 0 spiro atoms. The van der Waals surface area contributed by atoms with Crippen molar-refractivity contribution in [3.05, 3.63) is 107 Å². The van der Waals surface area contributed by atoms with Gasteiger partial charge in [-0.2, -0.15) is 0 Å². The van der Waals surface area contributed by atoms with Gasteiger partial charge in [0.2, 0.25) is 0 Å². The number of benzene rings is 3. The van der Waals surface area contributed by atoms with Crippen molar-refractivity contribution in [3.8, 4) is 0 Å². The topological polar surface area (TPSA) is 55.9 Å². The molecule has 5 rings (SSSR count). The van der Waals surface area contributed by atoms with Gasteiger partial charge in [0, 0.05) is 37.7 Å². The van der Waals surface area contributed by atoms with Crippen molar-refractivity contribution < 1.29 is 9.59 Å². The summed E-state index contributed by atoms with van der Waals surface area (Å²) in [5.41, 5.74) is 1.49. The van der Waals surface area contributed by atoms with E-state index in [4.69, 9.17) is 11.6 Å². The summed E-state index contributed by atoms with van der Waals surface area (Å²) in [5, 5.41) is 3.77. The lowest BCUT2D eigenvalue weighted by atomic mass is 9.83. The summed E-state index contributed by atoms with van der Waals surface area (Å²) in [4.78, 5) is 32.8. The largest absolute Gasteiger partial charge is 0.326 e. The molecule has 2 aliphatic heterocycles. The molecule has 0 atom stereocenters. The van der Waals surface area contributed by atoms with E-state index in [1.54, 1.807) is 0 Å². The molecule has 7 heteroatoms. The standard InChI is InChI=1S/C27H27ClN4O2/c28-24-13-7-8-21(18-24)19-30-14-16-31(17-15-30)20-32-25(33)27(29-26(32)34,22-9-3-1-4-10-22)23-11-5-2-6-12-23/h1-13,18H,14-17,19-20H2,(H,29,34). The van der Waals surface area contributed by atoms with Crippen LogP contribution in [0, 0.1) is 0 Å². The van der Waals surface area contributed by atoms with E-state index in [9.17, 15) is 9.59 Å². The van der Waals surface area contributed by atoms with Gasteiger partial charge in [-0.05, 0) is 28.8 Å². The van der Waals surface area contributed by atoms with Gasteiger partial charge >= 0.3 is 6.03 Å². The van der Waals surface area contributed by atoms with Gasteiger partial charge in [-0.25, -0.2) is 9.69 Å². The summed E-state index contributed by atoms with van der Waals surface area (Å²) in [7, 11) is 0. The van der Waals surface area contributed by atoms with Crippen LogP contribution in [0.2, 0.25) is 5.02 Å². The van der Waals surface area contributed by atoms with Crippen molar-refractivity contribution in [2.24, 2.45) is 0 Å². The van der Waals surface area contributed by atoms with E-state index in [1.807, 2.05) is 78.9 Å². The average molecular weight is 475 g/mol. The zero-order valence-electron chi connectivity index (χ0n) is 18.9. The zero-order chi connectivity index (χ0) is 23.5. The van der Waals surface area contributed by atoms with E-state index in [1.165, 1.54) is 10.5 Å². The van der Waals surface area contributed by atoms with Gasteiger partial charge in [-0.1, -0.05) is 84.4 Å². The fraction of sp³-hybridized carbons (Fsp3) is 0.259. The highest BCUT2D eigenvalue weighted by Crippen LogP contribution is 2.36. The molecular formula is C27H27ClN4O2. The Morgan fingerprint density at radius 1 is 0.765 bits per heavy atom. The summed E-state index contributed by atoms with van der Waals surface area (Å²) in [6, 6.07) is 26.5. The monoisotopic (exact) mass is 474 g/mol. The molecule has 3 aromatic carbocycles. The second-order valence-corrected chi connectivity index (χ2v) is 9.25. The maximum atomic E-state index is 13.8. The van der Waals surface area contributed by atoms with E-state index in [2.05, 4.69) is 21.2 Å². The number of hydrogen-bond acceptors (Lipinski definition) is 4. The molecule has 2 saturated heterocycles. The molecule has 3 aromatic rings. The third-order valence-corrected chi connectivity index (χ3v) is 6.86. The molecule has 1 N–H and O–H groups in total.